The van der Waals surface area contributed by atoms with E-state index in [1.807, 2.05) is 43.5 Å². The van der Waals surface area contributed by atoms with Crippen LogP contribution in [0.25, 0.3) is 0 Å². The molecule has 1 unspecified atom stereocenters. The topological polar surface area (TPSA) is 76.3 Å². The summed E-state index contributed by atoms with van der Waals surface area (Å²) in [5.41, 5.74) is 4.00. The van der Waals surface area contributed by atoms with Crippen molar-refractivity contribution in [2.24, 2.45) is 4.99 Å². The summed E-state index contributed by atoms with van der Waals surface area (Å²) < 4.78 is 0. The number of aromatic nitrogens is 1. The van der Waals surface area contributed by atoms with E-state index in [1.165, 1.54) is 5.56 Å². The number of pyridine rings is 1. The number of aryl methyl sites for hydroxylation is 1. The molecule has 1 fully saturated rings. The van der Waals surface area contributed by atoms with Gasteiger partial charge in [0.05, 0.1) is 11.3 Å². The van der Waals surface area contributed by atoms with Crippen LogP contribution in [0.15, 0.2) is 47.6 Å². The molecule has 154 valence electrons. The normalized spacial score (nSPS) is 16.5. The highest BCUT2D eigenvalue weighted by molar-refractivity contribution is 14.0. The molecule has 1 aliphatic heterocycles. The maximum atomic E-state index is 9.38. The van der Waals surface area contributed by atoms with Crippen molar-refractivity contribution in [2.75, 3.05) is 31.6 Å². The van der Waals surface area contributed by atoms with Gasteiger partial charge in [-0.2, -0.15) is 5.26 Å². The number of anilines is 1. The first-order valence-corrected chi connectivity index (χ1v) is 9.82. The van der Waals surface area contributed by atoms with Crippen molar-refractivity contribution in [2.45, 2.75) is 32.2 Å². The molecule has 2 aromatic rings. The Bertz CT molecular complexity index is 843. The molecule has 1 saturated heterocycles. The van der Waals surface area contributed by atoms with Crippen LogP contribution >= 0.6 is 24.0 Å². The third kappa shape index (κ3) is 6.60. The molecule has 0 aliphatic carbocycles. The number of benzene rings is 1. The average molecular weight is 504 g/mol. The molecule has 2 N–H and O–H groups in total. The molecule has 1 atom stereocenters. The minimum absolute atomic E-state index is 0. The summed E-state index contributed by atoms with van der Waals surface area (Å²) >= 11 is 0. The number of para-hydroxylation sites is 1. The van der Waals surface area contributed by atoms with E-state index < -0.39 is 0 Å². The van der Waals surface area contributed by atoms with Crippen LogP contribution in [-0.4, -0.2) is 43.7 Å². The van der Waals surface area contributed by atoms with Gasteiger partial charge >= 0.3 is 0 Å². The lowest BCUT2D eigenvalue weighted by Gasteiger charge is -2.35. The average Bonchev–Trinajstić information content (AvgIpc) is 2.74. The van der Waals surface area contributed by atoms with Gasteiger partial charge in [0.25, 0.3) is 0 Å². The predicted octanol–water partition coefficient (Wildman–Crippen LogP) is 3.26. The zero-order valence-electron chi connectivity index (χ0n) is 17.1. The number of nitrogens with zero attached hydrogens (tertiary/aromatic N) is 4. The maximum Gasteiger partial charge on any atom is 0.191 e. The van der Waals surface area contributed by atoms with Crippen molar-refractivity contribution in [3.05, 3.63) is 59.4 Å². The zero-order valence-corrected chi connectivity index (χ0v) is 19.4. The number of aliphatic imine (C=N–C) groups is 1. The Labute approximate surface area is 190 Å². The summed E-state index contributed by atoms with van der Waals surface area (Å²) in [7, 11) is 1.80. The summed E-state index contributed by atoms with van der Waals surface area (Å²) in [5.74, 6) is 0.820. The number of halogens is 1. The van der Waals surface area contributed by atoms with Gasteiger partial charge in [-0.3, -0.25) is 9.98 Å². The van der Waals surface area contributed by atoms with E-state index in [4.69, 9.17) is 0 Å². The van der Waals surface area contributed by atoms with Gasteiger partial charge in [-0.1, -0.05) is 18.2 Å². The second-order valence-corrected chi connectivity index (χ2v) is 7.12. The molecule has 0 amide bonds. The van der Waals surface area contributed by atoms with Gasteiger partial charge in [-0.05, 0) is 49.9 Å². The van der Waals surface area contributed by atoms with Crippen molar-refractivity contribution in [1.82, 2.24) is 15.6 Å². The molecule has 0 bridgehead atoms. The predicted molar refractivity (Wildman–Crippen MR) is 129 cm³/mol. The van der Waals surface area contributed by atoms with Crippen LogP contribution in [-0.2, 0) is 6.42 Å². The molecule has 29 heavy (non-hydrogen) atoms. The molecule has 0 saturated carbocycles. The molecule has 3 rings (SSSR count). The molecule has 0 spiro atoms. The van der Waals surface area contributed by atoms with Gasteiger partial charge < -0.3 is 15.5 Å². The quantitative estimate of drug-likeness (QED) is 0.372. The number of hydrogen-bond acceptors (Lipinski definition) is 4. The molecule has 1 aromatic carbocycles. The van der Waals surface area contributed by atoms with Gasteiger partial charge in [0, 0.05) is 44.6 Å². The first-order valence-electron chi connectivity index (χ1n) is 9.82. The lowest BCUT2D eigenvalue weighted by molar-refractivity contribution is 0.468. The van der Waals surface area contributed by atoms with Crippen LogP contribution in [0.4, 0.5) is 5.69 Å². The first-order chi connectivity index (χ1) is 13.7. The SMILES string of the molecule is CN=C(NCCc1ccc(C)nc1)NC1CCCN(c2ccccc2C#N)C1.I. The minimum Gasteiger partial charge on any atom is -0.368 e. The van der Waals surface area contributed by atoms with E-state index >= 15 is 0 Å². The van der Waals surface area contributed by atoms with E-state index in [2.05, 4.69) is 37.6 Å². The Morgan fingerprint density at radius 2 is 2.14 bits per heavy atom. The van der Waals surface area contributed by atoms with E-state index in [0.717, 1.165) is 61.8 Å². The Kier molecular flexibility index (Phi) is 9.19. The van der Waals surface area contributed by atoms with Crippen molar-refractivity contribution in [3.8, 4) is 6.07 Å². The fourth-order valence-electron chi connectivity index (χ4n) is 3.52. The first kappa shape index (κ1) is 22.9. The van der Waals surface area contributed by atoms with Gasteiger partial charge in [0.15, 0.2) is 5.96 Å². The highest BCUT2D eigenvalue weighted by atomic mass is 127. The van der Waals surface area contributed by atoms with Crippen molar-refractivity contribution in [3.63, 3.8) is 0 Å². The number of guanidine groups is 1. The monoisotopic (exact) mass is 504 g/mol. The molecule has 7 heteroatoms. The summed E-state index contributed by atoms with van der Waals surface area (Å²) in [6.45, 7) is 4.64. The van der Waals surface area contributed by atoms with E-state index in [1.54, 1.807) is 7.05 Å². The van der Waals surface area contributed by atoms with Crippen molar-refractivity contribution >= 4 is 35.6 Å². The van der Waals surface area contributed by atoms with Crippen molar-refractivity contribution < 1.29 is 0 Å². The Morgan fingerprint density at radius 3 is 2.86 bits per heavy atom. The lowest BCUT2D eigenvalue weighted by atomic mass is 10.0. The third-order valence-corrected chi connectivity index (χ3v) is 5.03. The molecular formula is C22H29IN6. The molecular weight excluding hydrogens is 475 g/mol. The van der Waals surface area contributed by atoms with Crippen LogP contribution in [0.3, 0.4) is 0 Å². The second kappa shape index (κ2) is 11.6. The Hall–Kier alpha value is -2.34. The van der Waals surface area contributed by atoms with Crippen LogP contribution < -0.4 is 15.5 Å². The van der Waals surface area contributed by atoms with Crippen molar-refractivity contribution in [1.29, 1.82) is 5.26 Å². The molecule has 0 radical (unpaired) electrons. The molecule has 1 aromatic heterocycles. The van der Waals surface area contributed by atoms with Crippen LogP contribution in [0.2, 0.25) is 0 Å². The highest BCUT2D eigenvalue weighted by Gasteiger charge is 2.22. The number of nitriles is 1. The summed E-state index contributed by atoms with van der Waals surface area (Å²) in [6.07, 6.45) is 5.01. The van der Waals surface area contributed by atoms with Crippen LogP contribution in [0.1, 0.15) is 29.7 Å². The fraction of sp³-hybridized carbons (Fsp3) is 0.409. The smallest absolute Gasteiger partial charge is 0.191 e. The van der Waals surface area contributed by atoms with Gasteiger partial charge in [0.1, 0.15) is 6.07 Å². The number of rotatable bonds is 5. The minimum atomic E-state index is 0. The highest BCUT2D eigenvalue weighted by Crippen LogP contribution is 2.23. The standard InChI is InChI=1S/C22H28N6.HI/c1-17-9-10-18(15-26-17)11-12-25-22(24-2)27-20-7-5-13-28(16-20)21-8-4-3-6-19(21)14-23;/h3-4,6,8-10,15,20H,5,7,11-13,16H2,1-2H3,(H2,24,25,27);1H. The fourth-order valence-corrected chi connectivity index (χ4v) is 3.52. The summed E-state index contributed by atoms with van der Waals surface area (Å²) in [4.78, 5) is 11.0. The maximum absolute atomic E-state index is 9.38. The van der Waals surface area contributed by atoms with Crippen LogP contribution in [0.5, 0.6) is 0 Å². The van der Waals surface area contributed by atoms with E-state index in [-0.39, 0.29) is 24.0 Å². The lowest BCUT2D eigenvalue weighted by Crippen LogP contribution is -2.51. The third-order valence-electron chi connectivity index (χ3n) is 5.03. The number of piperidine rings is 1. The largest absolute Gasteiger partial charge is 0.368 e. The van der Waals surface area contributed by atoms with E-state index in [0.29, 0.717) is 6.04 Å². The van der Waals surface area contributed by atoms with Crippen LogP contribution in [0, 0.1) is 18.3 Å². The summed E-state index contributed by atoms with van der Waals surface area (Å²) in [5, 5.41) is 16.3. The zero-order chi connectivity index (χ0) is 19.8. The number of hydrogen-bond donors (Lipinski definition) is 2. The Morgan fingerprint density at radius 1 is 1.31 bits per heavy atom. The van der Waals surface area contributed by atoms with Gasteiger partial charge in [-0.25, -0.2) is 0 Å². The number of nitrogens with one attached hydrogen (secondary N) is 2. The second-order valence-electron chi connectivity index (χ2n) is 7.12. The molecule has 2 heterocycles. The molecule has 6 nitrogen and oxygen atoms in total. The summed E-state index contributed by atoms with van der Waals surface area (Å²) in [6, 6.07) is 14.6. The van der Waals surface area contributed by atoms with Gasteiger partial charge in [0.2, 0.25) is 0 Å². The van der Waals surface area contributed by atoms with Gasteiger partial charge in [-0.15, -0.1) is 24.0 Å². The Balaban J connectivity index is 0.00000300. The molecule has 1 aliphatic rings. The van der Waals surface area contributed by atoms with E-state index in [9.17, 15) is 5.26 Å².